The summed E-state index contributed by atoms with van der Waals surface area (Å²) in [5, 5.41) is 7.05. The van der Waals surface area contributed by atoms with Crippen molar-refractivity contribution in [3.05, 3.63) is 54.6 Å². The molecule has 0 atom stereocenters. The number of nitrogens with one attached hydrogen (secondary N) is 1. The summed E-state index contributed by atoms with van der Waals surface area (Å²) in [6.07, 6.45) is 2.72. The van der Waals surface area contributed by atoms with Crippen LogP contribution in [0.3, 0.4) is 0 Å². The number of hydrogen-bond donors (Lipinski definition) is 1. The maximum Gasteiger partial charge on any atom is 0.248 e. The first-order chi connectivity index (χ1) is 11.1. The van der Waals surface area contributed by atoms with Crippen molar-refractivity contribution in [2.24, 2.45) is 0 Å². The zero-order valence-electron chi connectivity index (χ0n) is 12.8. The van der Waals surface area contributed by atoms with Gasteiger partial charge in [-0.3, -0.25) is 4.79 Å². The first kappa shape index (κ1) is 14.7. The van der Waals surface area contributed by atoms with Gasteiger partial charge in [0.05, 0.1) is 12.0 Å². The van der Waals surface area contributed by atoms with Gasteiger partial charge < -0.3 is 9.73 Å². The van der Waals surface area contributed by atoms with Crippen LogP contribution in [0, 0.1) is 13.8 Å². The highest BCUT2D eigenvalue weighted by molar-refractivity contribution is 5.98. The summed E-state index contributed by atoms with van der Waals surface area (Å²) < 4.78 is 7.03. The molecule has 0 saturated carbocycles. The van der Waals surface area contributed by atoms with Crippen LogP contribution >= 0.6 is 0 Å². The predicted octanol–water partition coefficient (Wildman–Crippen LogP) is 2.66. The second-order valence-corrected chi connectivity index (χ2v) is 4.94. The third-order valence-corrected chi connectivity index (χ3v) is 3.12. The molecule has 3 aromatic heterocycles. The molecular formula is C16H15N5O2. The van der Waals surface area contributed by atoms with Crippen molar-refractivity contribution in [2.45, 2.75) is 13.8 Å². The Bertz CT molecular complexity index is 865. The largest absolute Gasteiger partial charge is 0.461 e. The van der Waals surface area contributed by atoms with E-state index in [4.69, 9.17) is 4.42 Å². The molecule has 0 fully saturated rings. The lowest BCUT2D eigenvalue weighted by Crippen LogP contribution is -2.12. The molecule has 116 valence electrons. The molecule has 0 unspecified atom stereocenters. The van der Waals surface area contributed by atoms with Gasteiger partial charge in [0.25, 0.3) is 0 Å². The first-order valence-corrected chi connectivity index (χ1v) is 6.97. The van der Waals surface area contributed by atoms with Gasteiger partial charge in [0, 0.05) is 11.8 Å². The van der Waals surface area contributed by atoms with Gasteiger partial charge in [-0.1, -0.05) is 6.58 Å². The quantitative estimate of drug-likeness (QED) is 0.749. The number of carbonyl (C=O) groups is 1. The van der Waals surface area contributed by atoms with Crippen LogP contribution in [-0.2, 0) is 4.79 Å². The van der Waals surface area contributed by atoms with Gasteiger partial charge in [0.1, 0.15) is 5.82 Å². The maximum atomic E-state index is 11.6. The zero-order valence-corrected chi connectivity index (χ0v) is 12.8. The number of anilines is 1. The molecule has 0 aliphatic carbocycles. The van der Waals surface area contributed by atoms with E-state index in [-0.39, 0.29) is 5.91 Å². The minimum atomic E-state index is -0.353. The Kier molecular flexibility index (Phi) is 3.76. The second kappa shape index (κ2) is 5.88. The molecule has 0 bridgehead atoms. The van der Waals surface area contributed by atoms with Gasteiger partial charge in [-0.15, -0.1) is 0 Å². The fourth-order valence-electron chi connectivity index (χ4n) is 2.16. The monoisotopic (exact) mass is 309 g/mol. The van der Waals surface area contributed by atoms with Crippen molar-refractivity contribution in [1.29, 1.82) is 0 Å². The molecular weight excluding hydrogens is 294 g/mol. The first-order valence-electron chi connectivity index (χ1n) is 6.97. The number of furan rings is 1. The number of hydrogen-bond acceptors (Lipinski definition) is 5. The average Bonchev–Trinajstić information content (AvgIpc) is 3.16. The van der Waals surface area contributed by atoms with E-state index in [9.17, 15) is 4.79 Å². The van der Waals surface area contributed by atoms with E-state index in [1.807, 2.05) is 19.9 Å². The molecule has 0 saturated heterocycles. The molecule has 1 amide bonds. The molecule has 3 rings (SSSR count). The molecule has 0 radical (unpaired) electrons. The highest BCUT2D eigenvalue weighted by Gasteiger charge is 2.13. The van der Waals surface area contributed by atoms with Crippen LogP contribution < -0.4 is 5.32 Å². The van der Waals surface area contributed by atoms with E-state index in [1.165, 1.54) is 12.3 Å². The summed E-state index contributed by atoms with van der Waals surface area (Å²) >= 11 is 0. The van der Waals surface area contributed by atoms with Crippen molar-refractivity contribution in [2.75, 3.05) is 5.32 Å². The Labute approximate surface area is 132 Å². The summed E-state index contributed by atoms with van der Waals surface area (Å²) in [4.78, 5) is 20.3. The Balaban J connectivity index is 2.13. The highest BCUT2D eigenvalue weighted by atomic mass is 16.3. The highest BCUT2D eigenvalue weighted by Crippen LogP contribution is 2.21. The number of carbonyl (C=O) groups excluding carboxylic acids is 1. The number of aryl methyl sites for hydroxylation is 2. The van der Waals surface area contributed by atoms with Gasteiger partial charge in [-0.05, 0) is 38.1 Å². The van der Waals surface area contributed by atoms with Crippen LogP contribution in [-0.4, -0.2) is 25.7 Å². The topological polar surface area (TPSA) is 85.8 Å². The Morgan fingerprint density at radius 3 is 2.78 bits per heavy atom. The molecule has 7 nitrogen and oxygen atoms in total. The normalized spacial score (nSPS) is 10.5. The molecule has 0 spiro atoms. The van der Waals surface area contributed by atoms with Crippen LogP contribution in [0.5, 0.6) is 0 Å². The van der Waals surface area contributed by atoms with E-state index in [0.717, 1.165) is 11.4 Å². The fraction of sp³-hybridized carbons (Fsp3) is 0.125. The van der Waals surface area contributed by atoms with Crippen LogP contribution in [0.25, 0.3) is 17.4 Å². The molecule has 1 N–H and O–H groups in total. The smallest absolute Gasteiger partial charge is 0.248 e. The van der Waals surface area contributed by atoms with E-state index in [1.54, 1.807) is 22.9 Å². The van der Waals surface area contributed by atoms with Crippen LogP contribution in [0.2, 0.25) is 0 Å². The Morgan fingerprint density at radius 2 is 2.17 bits per heavy atom. The zero-order chi connectivity index (χ0) is 16.4. The lowest BCUT2D eigenvalue weighted by molar-refractivity contribution is -0.111. The van der Waals surface area contributed by atoms with Crippen molar-refractivity contribution >= 4 is 11.7 Å². The third-order valence-electron chi connectivity index (χ3n) is 3.12. The summed E-state index contributed by atoms with van der Waals surface area (Å²) in [5.41, 5.74) is 1.80. The molecule has 3 aromatic rings. The standard InChI is InChI=1S/C16H15N5O2/c1-4-15(22)17-13-9-14(21-11(3)8-10(2)20-21)19-16(18-13)12-6-5-7-23-12/h4-9H,1H2,2-3H3,(H,17,18,19,22). The number of nitrogens with zero attached hydrogens (tertiary/aromatic N) is 4. The molecule has 23 heavy (non-hydrogen) atoms. The lowest BCUT2D eigenvalue weighted by Gasteiger charge is -2.08. The summed E-state index contributed by atoms with van der Waals surface area (Å²) in [5.74, 6) is 1.39. The van der Waals surface area contributed by atoms with Gasteiger partial charge in [0.15, 0.2) is 17.4 Å². The summed E-state index contributed by atoms with van der Waals surface area (Å²) in [7, 11) is 0. The second-order valence-electron chi connectivity index (χ2n) is 4.94. The van der Waals surface area contributed by atoms with Crippen LogP contribution in [0.15, 0.2) is 47.6 Å². The minimum Gasteiger partial charge on any atom is -0.461 e. The number of aromatic nitrogens is 4. The fourth-order valence-corrected chi connectivity index (χ4v) is 2.16. The summed E-state index contributed by atoms with van der Waals surface area (Å²) in [6.45, 7) is 7.26. The van der Waals surface area contributed by atoms with Crippen LogP contribution in [0.4, 0.5) is 5.82 Å². The van der Waals surface area contributed by atoms with Crippen molar-refractivity contribution in [1.82, 2.24) is 19.7 Å². The van der Waals surface area contributed by atoms with Crippen LogP contribution in [0.1, 0.15) is 11.4 Å². The van der Waals surface area contributed by atoms with E-state index in [2.05, 4.69) is 27.0 Å². The lowest BCUT2D eigenvalue weighted by atomic mass is 10.4. The summed E-state index contributed by atoms with van der Waals surface area (Å²) in [6, 6.07) is 7.08. The SMILES string of the molecule is C=CC(=O)Nc1cc(-n2nc(C)cc2C)nc(-c2ccco2)n1. The third kappa shape index (κ3) is 3.03. The van der Waals surface area contributed by atoms with Gasteiger partial charge in [0.2, 0.25) is 5.91 Å². The van der Waals surface area contributed by atoms with Crippen molar-refractivity contribution < 1.29 is 9.21 Å². The van der Waals surface area contributed by atoms with Gasteiger partial charge in [-0.25, -0.2) is 14.6 Å². The maximum absolute atomic E-state index is 11.6. The molecule has 7 heteroatoms. The van der Waals surface area contributed by atoms with Gasteiger partial charge >= 0.3 is 0 Å². The predicted molar refractivity (Wildman–Crippen MR) is 85.2 cm³/mol. The average molecular weight is 309 g/mol. The van der Waals surface area contributed by atoms with E-state index >= 15 is 0 Å². The Morgan fingerprint density at radius 1 is 1.35 bits per heavy atom. The van der Waals surface area contributed by atoms with Crippen molar-refractivity contribution in [3.63, 3.8) is 0 Å². The minimum absolute atomic E-state index is 0.346. The van der Waals surface area contributed by atoms with E-state index < -0.39 is 0 Å². The van der Waals surface area contributed by atoms with Gasteiger partial charge in [-0.2, -0.15) is 5.10 Å². The van der Waals surface area contributed by atoms with Crippen molar-refractivity contribution in [3.8, 4) is 17.4 Å². The molecule has 0 aliphatic rings. The Hall–Kier alpha value is -3.22. The number of rotatable bonds is 4. The number of amides is 1. The van der Waals surface area contributed by atoms with E-state index in [0.29, 0.717) is 23.2 Å². The molecule has 0 aliphatic heterocycles. The molecule has 0 aromatic carbocycles. The molecule has 3 heterocycles.